The van der Waals surface area contributed by atoms with Gasteiger partial charge in [0.15, 0.2) is 5.78 Å². The summed E-state index contributed by atoms with van der Waals surface area (Å²) in [6.45, 7) is 0. The lowest BCUT2D eigenvalue weighted by atomic mass is 9.85. The fourth-order valence-corrected chi connectivity index (χ4v) is 3.24. The Labute approximate surface area is 86.7 Å². The predicted molar refractivity (Wildman–Crippen MR) is 54.5 cm³/mol. The minimum absolute atomic E-state index is 0.217. The zero-order valence-electron chi connectivity index (χ0n) is 7.77. The summed E-state index contributed by atoms with van der Waals surface area (Å²) in [6.07, 6.45) is 5.15. The summed E-state index contributed by atoms with van der Waals surface area (Å²) < 4.78 is 3.98. The first-order valence-corrected chi connectivity index (χ1v) is 5.83. The van der Waals surface area contributed by atoms with Gasteiger partial charge in [0, 0.05) is 24.2 Å². The molecule has 1 aromatic heterocycles. The Hall–Kier alpha value is -0.740. The van der Waals surface area contributed by atoms with Crippen LogP contribution < -0.4 is 5.32 Å². The molecule has 2 aliphatic heterocycles. The van der Waals surface area contributed by atoms with Crippen LogP contribution in [0, 0.1) is 5.92 Å². The van der Waals surface area contributed by atoms with Gasteiger partial charge in [-0.3, -0.25) is 4.79 Å². The first-order chi connectivity index (χ1) is 6.84. The van der Waals surface area contributed by atoms with E-state index >= 15 is 0 Å². The van der Waals surface area contributed by atoms with E-state index in [0.717, 1.165) is 11.3 Å². The monoisotopic (exact) mass is 208 g/mol. The van der Waals surface area contributed by atoms with Crippen molar-refractivity contribution in [3.8, 4) is 0 Å². The van der Waals surface area contributed by atoms with Crippen LogP contribution in [-0.2, 0) is 0 Å². The van der Waals surface area contributed by atoms with Gasteiger partial charge < -0.3 is 5.32 Å². The molecule has 4 heteroatoms. The van der Waals surface area contributed by atoms with E-state index in [-0.39, 0.29) is 5.92 Å². The van der Waals surface area contributed by atoms with Gasteiger partial charge >= 0.3 is 0 Å². The fraction of sp³-hybridized carbons (Fsp3) is 0.600. The highest BCUT2D eigenvalue weighted by Crippen LogP contribution is 2.35. The van der Waals surface area contributed by atoms with Crippen LogP contribution in [0.25, 0.3) is 0 Å². The van der Waals surface area contributed by atoms with Gasteiger partial charge in [0.25, 0.3) is 0 Å². The molecule has 3 nitrogen and oxygen atoms in total. The third kappa shape index (κ3) is 1.21. The quantitative estimate of drug-likeness (QED) is 0.748. The van der Waals surface area contributed by atoms with Crippen molar-refractivity contribution in [1.82, 2.24) is 9.69 Å². The standard InChI is InChI=1S/C10H12N2OS/c13-10(9-3-4-11-14-9)7-5-6-1-2-8(7)12-6/h3-4,6-8,12H,1-2,5H2. The predicted octanol–water partition coefficient (Wildman–Crippen LogP) is 1.47. The normalized spacial score (nSPS) is 35.0. The van der Waals surface area contributed by atoms with Crippen LogP contribution in [0.3, 0.4) is 0 Å². The van der Waals surface area contributed by atoms with Crippen LogP contribution in [0.1, 0.15) is 28.9 Å². The van der Waals surface area contributed by atoms with E-state index in [1.165, 1.54) is 24.4 Å². The molecule has 74 valence electrons. The van der Waals surface area contributed by atoms with Crippen molar-refractivity contribution in [2.45, 2.75) is 31.3 Å². The number of nitrogens with one attached hydrogen (secondary N) is 1. The summed E-state index contributed by atoms with van der Waals surface area (Å²) in [4.78, 5) is 12.9. The van der Waals surface area contributed by atoms with E-state index in [1.807, 2.05) is 6.07 Å². The Bertz CT molecular complexity index is 349. The van der Waals surface area contributed by atoms with E-state index in [2.05, 4.69) is 9.69 Å². The van der Waals surface area contributed by atoms with Gasteiger partial charge in [-0.2, -0.15) is 0 Å². The maximum Gasteiger partial charge on any atom is 0.179 e. The number of nitrogens with zero attached hydrogens (tertiary/aromatic N) is 1. The summed E-state index contributed by atoms with van der Waals surface area (Å²) in [5.41, 5.74) is 0. The zero-order valence-corrected chi connectivity index (χ0v) is 8.59. The lowest BCUT2D eigenvalue weighted by Crippen LogP contribution is -2.28. The zero-order chi connectivity index (χ0) is 9.54. The highest BCUT2D eigenvalue weighted by molar-refractivity contribution is 7.08. The van der Waals surface area contributed by atoms with E-state index in [9.17, 15) is 4.79 Å². The van der Waals surface area contributed by atoms with Crippen LogP contribution in [0.4, 0.5) is 0 Å². The molecule has 0 amide bonds. The van der Waals surface area contributed by atoms with Gasteiger partial charge in [-0.1, -0.05) is 0 Å². The lowest BCUT2D eigenvalue weighted by Gasteiger charge is -2.17. The molecule has 0 saturated carbocycles. The van der Waals surface area contributed by atoms with Crippen LogP contribution in [-0.4, -0.2) is 22.2 Å². The Kier molecular flexibility index (Phi) is 1.92. The molecular formula is C10H12N2OS. The van der Waals surface area contributed by atoms with Crippen molar-refractivity contribution in [1.29, 1.82) is 0 Å². The van der Waals surface area contributed by atoms with Crippen molar-refractivity contribution in [2.75, 3.05) is 0 Å². The number of Topliss-reactive ketones (excluding diaryl/α,β-unsaturated/α-hetero) is 1. The minimum Gasteiger partial charge on any atom is -0.310 e. The first kappa shape index (κ1) is 8.56. The molecule has 0 aromatic carbocycles. The van der Waals surface area contributed by atoms with E-state index in [1.54, 1.807) is 6.20 Å². The largest absolute Gasteiger partial charge is 0.310 e. The van der Waals surface area contributed by atoms with Gasteiger partial charge in [-0.25, -0.2) is 4.37 Å². The Morgan fingerprint density at radius 3 is 3.07 bits per heavy atom. The molecule has 3 unspecified atom stereocenters. The third-order valence-electron chi connectivity index (χ3n) is 3.32. The molecule has 0 radical (unpaired) electrons. The van der Waals surface area contributed by atoms with Gasteiger partial charge in [0.1, 0.15) is 0 Å². The fourth-order valence-electron chi connectivity index (χ4n) is 2.64. The molecule has 1 aromatic rings. The maximum absolute atomic E-state index is 12.0. The van der Waals surface area contributed by atoms with Crippen LogP contribution in [0.2, 0.25) is 0 Å². The number of fused-ring (bicyclic) bond motifs is 2. The number of aromatic nitrogens is 1. The van der Waals surface area contributed by atoms with E-state index in [4.69, 9.17) is 0 Å². The van der Waals surface area contributed by atoms with Gasteiger partial charge in [0.05, 0.1) is 4.88 Å². The second-order valence-corrected chi connectivity index (χ2v) is 4.96. The summed E-state index contributed by atoms with van der Waals surface area (Å²) in [5, 5.41) is 3.48. The third-order valence-corrected chi connectivity index (χ3v) is 4.08. The summed E-state index contributed by atoms with van der Waals surface area (Å²) in [5.74, 6) is 0.515. The molecule has 0 spiro atoms. The number of carbonyl (C=O) groups is 1. The first-order valence-electron chi connectivity index (χ1n) is 5.05. The Morgan fingerprint density at radius 2 is 2.50 bits per heavy atom. The molecule has 2 bridgehead atoms. The van der Waals surface area contributed by atoms with Crippen molar-refractivity contribution >= 4 is 17.3 Å². The van der Waals surface area contributed by atoms with E-state index < -0.39 is 0 Å². The van der Waals surface area contributed by atoms with Crippen LogP contribution >= 0.6 is 11.5 Å². The van der Waals surface area contributed by atoms with Crippen molar-refractivity contribution in [3.63, 3.8) is 0 Å². The molecule has 3 heterocycles. The number of hydrogen-bond donors (Lipinski definition) is 1. The second-order valence-electron chi connectivity index (χ2n) is 4.13. The molecular weight excluding hydrogens is 196 g/mol. The number of rotatable bonds is 2. The molecule has 14 heavy (non-hydrogen) atoms. The van der Waals surface area contributed by atoms with Crippen LogP contribution in [0.15, 0.2) is 12.3 Å². The summed E-state index contributed by atoms with van der Waals surface area (Å²) in [7, 11) is 0. The molecule has 3 atom stereocenters. The second kappa shape index (κ2) is 3.14. The summed E-state index contributed by atoms with van der Waals surface area (Å²) in [6, 6.07) is 2.87. The van der Waals surface area contributed by atoms with Gasteiger partial charge in [-0.15, -0.1) is 0 Å². The summed E-state index contributed by atoms with van der Waals surface area (Å²) >= 11 is 1.32. The van der Waals surface area contributed by atoms with E-state index in [0.29, 0.717) is 17.9 Å². The lowest BCUT2D eigenvalue weighted by molar-refractivity contribution is 0.0905. The highest BCUT2D eigenvalue weighted by Gasteiger charge is 2.43. The number of hydrogen-bond acceptors (Lipinski definition) is 4. The highest BCUT2D eigenvalue weighted by atomic mass is 32.1. The van der Waals surface area contributed by atoms with Crippen LogP contribution in [0.5, 0.6) is 0 Å². The molecule has 1 N–H and O–H groups in total. The Morgan fingerprint density at radius 1 is 1.57 bits per heavy atom. The average molecular weight is 208 g/mol. The molecule has 3 rings (SSSR count). The van der Waals surface area contributed by atoms with Crippen molar-refractivity contribution < 1.29 is 4.79 Å². The molecule has 2 fully saturated rings. The smallest absolute Gasteiger partial charge is 0.179 e. The SMILES string of the molecule is O=C(c1ccns1)C1CC2CCC1N2. The van der Waals surface area contributed by atoms with Crippen molar-refractivity contribution in [3.05, 3.63) is 17.1 Å². The molecule has 0 aliphatic carbocycles. The number of carbonyl (C=O) groups excluding carboxylic acids is 1. The Balaban J connectivity index is 1.81. The van der Waals surface area contributed by atoms with Gasteiger partial charge in [0.2, 0.25) is 0 Å². The number of ketones is 1. The van der Waals surface area contributed by atoms with Gasteiger partial charge in [-0.05, 0) is 36.9 Å². The molecule has 2 aliphatic rings. The minimum atomic E-state index is 0.217. The van der Waals surface area contributed by atoms with Crippen molar-refractivity contribution in [2.24, 2.45) is 5.92 Å². The average Bonchev–Trinajstić information content (AvgIpc) is 2.93. The topological polar surface area (TPSA) is 42.0 Å². The maximum atomic E-state index is 12.0. The molecule has 2 saturated heterocycles.